The maximum Gasteiger partial charge on any atom is 0.335 e. The Morgan fingerprint density at radius 2 is 1.29 bits per heavy atom. The van der Waals surface area contributed by atoms with Gasteiger partial charge in [0.05, 0.1) is 11.1 Å². The SMILES string of the molecule is O.O=C(O)c1cc(O)cc(C(=O)O)c1. The molecule has 0 saturated heterocycles. The van der Waals surface area contributed by atoms with Crippen molar-refractivity contribution >= 4 is 11.9 Å². The standard InChI is InChI=1S/C8H6O5.H2O/c9-6-2-4(7(10)11)1-5(3-6)8(12)13;/h1-3,9H,(H,10,11)(H,12,13);1H2. The molecule has 1 aromatic carbocycles. The highest BCUT2D eigenvalue weighted by Gasteiger charge is 2.10. The summed E-state index contributed by atoms with van der Waals surface area (Å²) in [6.45, 7) is 0. The number of carboxylic acid groups (broad SMARTS) is 2. The maximum absolute atomic E-state index is 10.4. The largest absolute Gasteiger partial charge is 0.508 e. The number of phenolic OH excluding ortho intramolecular Hbond substituents is 1. The number of hydrogen-bond donors (Lipinski definition) is 3. The van der Waals surface area contributed by atoms with Crippen LogP contribution >= 0.6 is 0 Å². The highest BCUT2D eigenvalue weighted by atomic mass is 16.4. The first-order valence-corrected chi connectivity index (χ1v) is 3.31. The Labute approximate surface area is 78.3 Å². The average molecular weight is 200 g/mol. The van der Waals surface area contributed by atoms with Crippen molar-refractivity contribution in [2.24, 2.45) is 0 Å². The molecular formula is C8H8O6. The molecule has 0 unspecified atom stereocenters. The third-order valence-electron chi connectivity index (χ3n) is 1.41. The Balaban J connectivity index is 0.00000169. The zero-order valence-electron chi connectivity index (χ0n) is 6.89. The molecule has 0 atom stereocenters. The van der Waals surface area contributed by atoms with Crippen molar-refractivity contribution in [2.75, 3.05) is 0 Å². The van der Waals surface area contributed by atoms with E-state index in [0.29, 0.717) is 0 Å². The molecule has 0 bridgehead atoms. The quantitative estimate of drug-likeness (QED) is 0.617. The summed E-state index contributed by atoms with van der Waals surface area (Å²) >= 11 is 0. The van der Waals surface area contributed by atoms with Gasteiger partial charge in [0.15, 0.2) is 0 Å². The number of carbonyl (C=O) groups is 2. The van der Waals surface area contributed by atoms with Gasteiger partial charge in [-0.2, -0.15) is 0 Å². The lowest BCUT2D eigenvalue weighted by atomic mass is 10.1. The zero-order chi connectivity index (χ0) is 10.0. The van der Waals surface area contributed by atoms with Crippen LogP contribution in [0.1, 0.15) is 20.7 Å². The van der Waals surface area contributed by atoms with Crippen molar-refractivity contribution in [1.82, 2.24) is 0 Å². The molecule has 0 aromatic heterocycles. The van der Waals surface area contributed by atoms with Crippen molar-refractivity contribution < 1.29 is 30.4 Å². The van der Waals surface area contributed by atoms with Crippen LogP contribution in [0, 0.1) is 0 Å². The van der Waals surface area contributed by atoms with E-state index in [1.807, 2.05) is 0 Å². The molecule has 0 aliphatic heterocycles. The average Bonchev–Trinajstić information content (AvgIpc) is 2.03. The number of aromatic hydroxyl groups is 1. The van der Waals surface area contributed by atoms with Crippen LogP contribution in [-0.4, -0.2) is 32.7 Å². The van der Waals surface area contributed by atoms with Gasteiger partial charge < -0.3 is 20.8 Å². The third-order valence-corrected chi connectivity index (χ3v) is 1.41. The van der Waals surface area contributed by atoms with Crippen molar-refractivity contribution in [3.63, 3.8) is 0 Å². The van der Waals surface area contributed by atoms with Crippen molar-refractivity contribution in [3.8, 4) is 5.75 Å². The van der Waals surface area contributed by atoms with Crippen molar-refractivity contribution in [1.29, 1.82) is 0 Å². The van der Waals surface area contributed by atoms with Gasteiger partial charge in [-0.1, -0.05) is 0 Å². The molecule has 0 aliphatic rings. The van der Waals surface area contributed by atoms with Crippen LogP contribution in [0.4, 0.5) is 0 Å². The maximum atomic E-state index is 10.4. The summed E-state index contributed by atoms with van der Waals surface area (Å²) in [5, 5.41) is 26.0. The van der Waals surface area contributed by atoms with Gasteiger partial charge in [0.2, 0.25) is 0 Å². The van der Waals surface area contributed by atoms with Crippen molar-refractivity contribution in [2.45, 2.75) is 0 Å². The lowest BCUT2D eigenvalue weighted by molar-refractivity contribution is 0.0696. The number of phenols is 1. The zero-order valence-corrected chi connectivity index (χ0v) is 6.89. The first-order chi connectivity index (χ1) is 6.00. The molecule has 6 heteroatoms. The summed E-state index contributed by atoms with van der Waals surface area (Å²) < 4.78 is 0. The molecule has 1 rings (SSSR count). The van der Waals surface area contributed by atoms with E-state index in [9.17, 15) is 9.59 Å². The topological polar surface area (TPSA) is 126 Å². The molecule has 14 heavy (non-hydrogen) atoms. The third kappa shape index (κ3) is 2.46. The molecule has 76 valence electrons. The minimum absolute atomic E-state index is 0. The van der Waals surface area contributed by atoms with Crippen LogP contribution in [-0.2, 0) is 0 Å². The summed E-state index contributed by atoms with van der Waals surface area (Å²) in [4.78, 5) is 20.8. The van der Waals surface area contributed by atoms with Crippen LogP contribution in [0.2, 0.25) is 0 Å². The number of benzene rings is 1. The van der Waals surface area contributed by atoms with Gasteiger partial charge in [-0.15, -0.1) is 0 Å². The van der Waals surface area contributed by atoms with Crippen LogP contribution in [0.3, 0.4) is 0 Å². The van der Waals surface area contributed by atoms with Crippen LogP contribution in [0.5, 0.6) is 5.75 Å². The van der Waals surface area contributed by atoms with E-state index in [-0.39, 0.29) is 22.4 Å². The summed E-state index contributed by atoms with van der Waals surface area (Å²) in [5.74, 6) is -2.94. The molecule has 6 nitrogen and oxygen atoms in total. The summed E-state index contributed by atoms with van der Waals surface area (Å²) in [7, 11) is 0. The number of rotatable bonds is 2. The van der Waals surface area contributed by atoms with Gasteiger partial charge >= 0.3 is 11.9 Å². The van der Waals surface area contributed by atoms with E-state index >= 15 is 0 Å². The first kappa shape index (κ1) is 11.9. The van der Waals surface area contributed by atoms with Gasteiger partial charge in [0.25, 0.3) is 0 Å². The Morgan fingerprint density at radius 3 is 1.57 bits per heavy atom. The van der Waals surface area contributed by atoms with Crippen LogP contribution in [0.15, 0.2) is 18.2 Å². The minimum atomic E-state index is -1.28. The molecule has 0 fully saturated rings. The second-order valence-corrected chi connectivity index (χ2v) is 2.38. The molecule has 0 amide bonds. The van der Waals surface area contributed by atoms with Gasteiger partial charge in [-0.05, 0) is 18.2 Å². The van der Waals surface area contributed by atoms with Gasteiger partial charge in [-0.3, -0.25) is 0 Å². The Kier molecular flexibility index (Phi) is 3.61. The molecule has 0 radical (unpaired) electrons. The number of carboxylic acids is 2. The fraction of sp³-hybridized carbons (Fsp3) is 0. The fourth-order valence-electron chi connectivity index (χ4n) is 0.858. The van der Waals surface area contributed by atoms with E-state index in [1.165, 1.54) is 0 Å². The highest BCUT2D eigenvalue weighted by Crippen LogP contribution is 2.15. The predicted octanol–water partition coefficient (Wildman–Crippen LogP) is -0.0361. The lowest BCUT2D eigenvalue weighted by Gasteiger charge is -1.98. The lowest BCUT2D eigenvalue weighted by Crippen LogP contribution is -2.01. The highest BCUT2D eigenvalue weighted by molar-refractivity contribution is 5.94. The normalized spacial score (nSPS) is 8.86. The van der Waals surface area contributed by atoms with Crippen LogP contribution < -0.4 is 0 Å². The molecule has 0 heterocycles. The van der Waals surface area contributed by atoms with E-state index in [2.05, 4.69) is 0 Å². The Hall–Kier alpha value is -2.08. The van der Waals surface area contributed by atoms with Gasteiger partial charge in [0.1, 0.15) is 5.75 Å². The summed E-state index contributed by atoms with van der Waals surface area (Å²) in [6, 6.07) is 2.94. The van der Waals surface area contributed by atoms with E-state index < -0.39 is 11.9 Å². The molecular weight excluding hydrogens is 192 g/mol. The summed E-state index contributed by atoms with van der Waals surface area (Å²) in [6.07, 6.45) is 0. The predicted molar refractivity (Wildman–Crippen MR) is 45.6 cm³/mol. The first-order valence-electron chi connectivity index (χ1n) is 3.31. The molecule has 0 spiro atoms. The minimum Gasteiger partial charge on any atom is -0.508 e. The second kappa shape index (κ2) is 4.24. The second-order valence-electron chi connectivity index (χ2n) is 2.38. The number of aromatic carboxylic acids is 2. The van der Waals surface area contributed by atoms with E-state index in [1.54, 1.807) is 0 Å². The molecule has 5 N–H and O–H groups in total. The molecule has 0 saturated carbocycles. The molecule has 0 aliphatic carbocycles. The van der Waals surface area contributed by atoms with E-state index in [4.69, 9.17) is 15.3 Å². The summed E-state index contributed by atoms with van der Waals surface area (Å²) in [5.41, 5.74) is -0.505. The molecule has 1 aromatic rings. The smallest absolute Gasteiger partial charge is 0.335 e. The monoisotopic (exact) mass is 200 g/mol. The Bertz CT molecular complexity index is 338. The fourth-order valence-corrected chi connectivity index (χ4v) is 0.858. The van der Waals surface area contributed by atoms with Gasteiger partial charge in [0, 0.05) is 0 Å². The Morgan fingerprint density at radius 1 is 0.929 bits per heavy atom. The van der Waals surface area contributed by atoms with E-state index in [0.717, 1.165) is 18.2 Å². The van der Waals surface area contributed by atoms with Gasteiger partial charge in [-0.25, -0.2) is 9.59 Å². The van der Waals surface area contributed by atoms with Crippen LogP contribution in [0.25, 0.3) is 0 Å². The number of hydrogen-bond acceptors (Lipinski definition) is 3. The van der Waals surface area contributed by atoms with Crippen molar-refractivity contribution in [3.05, 3.63) is 29.3 Å².